The number of carbonyl (C=O) groups excluding carboxylic acids is 5. The molecule has 0 spiro atoms. The smallest absolute Gasteiger partial charge is 0.307 e. The van der Waals surface area contributed by atoms with Crippen LogP contribution in [0.4, 0.5) is 0 Å². The van der Waals surface area contributed by atoms with Crippen molar-refractivity contribution in [2.45, 2.75) is 156 Å². The lowest BCUT2D eigenvalue weighted by atomic mass is 9.44. The topological polar surface area (TPSA) is 94.6 Å². The Morgan fingerprint density at radius 3 is 2.14 bits per heavy atom. The van der Waals surface area contributed by atoms with Crippen LogP contribution in [0.3, 0.4) is 0 Å². The van der Waals surface area contributed by atoms with Crippen LogP contribution in [0.15, 0.2) is 0 Å². The molecule has 0 aromatic rings. The first-order valence-electron chi connectivity index (χ1n) is 20.9. The maximum atomic E-state index is 14.3. The molecular weight excluding hydrogens is 636 g/mol. The maximum absolute atomic E-state index is 14.3. The molecule has 0 aromatic heterocycles. The summed E-state index contributed by atoms with van der Waals surface area (Å²) < 4.78 is 6.51. The fraction of sp³-hybridized carbons (Fsp3) is 0.844. The average Bonchev–Trinajstić information content (AvgIpc) is 3.60. The Morgan fingerprint density at radius 1 is 0.765 bits per heavy atom. The van der Waals surface area contributed by atoms with Crippen molar-refractivity contribution in [3.8, 4) is 12.3 Å². The summed E-state index contributed by atoms with van der Waals surface area (Å²) in [5, 5.41) is 0. The quantitative estimate of drug-likeness (QED) is 0.211. The van der Waals surface area contributed by atoms with E-state index in [2.05, 4.69) is 40.5 Å². The van der Waals surface area contributed by atoms with Crippen molar-refractivity contribution in [1.82, 2.24) is 0 Å². The maximum Gasteiger partial charge on any atom is 0.307 e. The van der Waals surface area contributed by atoms with Crippen LogP contribution in [-0.2, 0) is 28.7 Å². The van der Waals surface area contributed by atoms with Gasteiger partial charge in [0, 0.05) is 61.7 Å². The van der Waals surface area contributed by atoms with Gasteiger partial charge in [-0.2, -0.15) is 0 Å². The largest absolute Gasteiger partial charge is 0.445 e. The molecule has 0 aliphatic heterocycles. The van der Waals surface area contributed by atoms with Crippen molar-refractivity contribution in [3.05, 3.63) is 0 Å². The van der Waals surface area contributed by atoms with Crippen molar-refractivity contribution >= 4 is 29.1 Å². The van der Waals surface area contributed by atoms with Crippen LogP contribution in [0.1, 0.15) is 150 Å². The molecule has 8 aliphatic rings. The Morgan fingerprint density at radius 2 is 1.43 bits per heavy atom. The normalized spacial score (nSPS) is 50.9. The Balaban J connectivity index is 0.930. The van der Waals surface area contributed by atoms with Crippen molar-refractivity contribution in [2.75, 3.05) is 0 Å². The molecule has 8 fully saturated rings. The second-order valence-electron chi connectivity index (χ2n) is 20.3. The molecule has 6 heteroatoms. The number of fused-ring (bicyclic) bond motifs is 10. The van der Waals surface area contributed by atoms with Crippen molar-refractivity contribution in [2.24, 2.45) is 80.8 Å². The molecule has 2 unspecified atom stereocenters. The second kappa shape index (κ2) is 12.1. The SMILES string of the molecule is C#C[C@@]1(OC(=O)CCC(C)C2CC[C@H]3[C@@H]4C(=O)C[C@@H]5CC(=O)CC[C@]5(C)[C@H]4CC(=O)[C@]23C)CC[C@@H]2[C@H]3CC[C@@H]4CC(=O)CC[C@@]4(C)[C@@H]3CC[C@]21C. The zero-order chi connectivity index (χ0) is 36.3. The van der Waals surface area contributed by atoms with Crippen LogP contribution in [0.5, 0.6) is 0 Å². The van der Waals surface area contributed by atoms with E-state index in [0.717, 1.165) is 77.0 Å². The van der Waals surface area contributed by atoms with Gasteiger partial charge in [0.05, 0.1) is 0 Å². The zero-order valence-corrected chi connectivity index (χ0v) is 32.0. The van der Waals surface area contributed by atoms with Gasteiger partial charge in [-0.1, -0.05) is 40.5 Å². The van der Waals surface area contributed by atoms with Gasteiger partial charge in [0.25, 0.3) is 0 Å². The van der Waals surface area contributed by atoms with Crippen LogP contribution in [-0.4, -0.2) is 34.7 Å². The lowest BCUT2D eigenvalue weighted by molar-refractivity contribution is -0.177. The standard InChI is InChI=1S/C45H62O6/c1-7-45(21-17-34-31-10-9-27-22-29(46)14-18-41(27,3)33(31)16-20-43(34,45)5)51-39(50)13-8-26(2)32-11-12-35-40-36(25-38(49)44(32,35)6)42(4)19-15-30(47)23-28(42)24-37(40)48/h1,26-28,31-36,40H,8-25H2,2-6H3/t26?,27-,28+,31+,32?,33-,34-,35+,36+,40+,41-,42+,43-,44-,45-/m1/s1. The fourth-order valence-corrected chi connectivity index (χ4v) is 15.7. The number of ketones is 4. The minimum Gasteiger partial charge on any atom is -0.445 e. The number of carbonyl (C=O) groups is 5. The van der Waals surface area contributed by atoms with E-state index in [4.69, 9.17) is 11.2 Å². The molecule has 8 saturated carbocycles. The van der Waals surface area contributed by atoms with Crippen molar-refractivity contribution in [3.63, 3.8) is 0 Å². The second-order valence-corrected chi connectivity index (χ2v) is 20.3. The molecule has 0 aromatic carbocycles. The van der Waals surface area contributed by atoms with E-state index in [1.807, 2.05) is 0 Å². The van der Waals surface area contributed by atoms with Crippen LogP contribution in [0, 0.1) is 93.2 Å². The summed E-state index contributed by atoms with van der Waals surface area (Å²) in [7, 11) is 0. The number of ether oxygens (including phenoxy) is 1. The number of terminal acetylenes is 1. The molecule has 6 nitrogen and oxygen atoms in total. The summed E-state index contributed by atoms with van der Waals surface area (Å²) in [5.41, 5.74) is -1.58. The number of hydrogen-bond acceptors (Lipinski definition) is 6. The zero-order valence-electron chi connectivity index (χ0n) is 32.0. The first-order valence-corrected chi connectivity index (χ1v) is 20.9. The molecule has 0 bridgehead atoms. The highest BCUT2D eigenvalue weighted by atomic mass is 16.6. The monoisotopic (exact) mass is 698 g/mol. The Hall–Kier alpha value is -2.29. The van der Waals surface area contributed by atoms with Crippen molar-refractivity contribution < 1.29 is 28.7 Å². The highest BCUT2D eigenvalue weighted by Gasteiger charge is 2.68. The van der Waals surface area contributed by atoms with Crippen LogP contribution in [0.25, 0.3) is 0 Å². The number of hydrogen-bond donors (Lipinski definition) is 0. The Kier molecular flexibility index (Phi) is 8.48. The van der Waals surface area contributed by atoms with Gasteiger partial charge in [0.2, 0.25) is 0 Å². The number of esters is 1. The molecule has 0 N–H and O–H groups in total. The Labute approximate surface area is 306 Å². The predicted molar refractivity (Wildman–Crippen MR) is 194 cm³/mol. The molecule has 0 radical (unpaired) electrons. The molecule has 8 rings (SSSR count). The third kappa shape index (κ3) is 4.96. The first kappa shape index (κ1) is 35.7. The van der Waals surface area contributed by atoms with Gasteiger partial charge in [0.15, 0.2) is 5.60 Å². The van der Waals surface area contributed by atoms with E-state index in [1.165, 1.54) is 0 Å². The van der Waals surface area contributed by atoms with Crippen LogP contribution in [0.2, 0.25) is 0 Å². The van der Waals surface area contributed by atoms with E-state index in [0.29, 0.717) is 67.3 Å². The van der Waals surface area contributed by atoms with Gasteiger partial charge in [-0.15, -0.1) is 6.42 Å². The summed E-state index contributed by atoms with van der Waals surface area (Å²) >= 11 is 0. The van der Waals surface area contributed by atoms with Gasteiger partial charge < -0.3 is 4.74 Å². The summed E-state index contributed by atoms with van der Waals surface area (Å²) in [4.78, 5) is 66.6. The molecule has 278 valence electrons. The summed E-state index contributed by atoms with van der Waals surface area (Å²) in [6, 6.07) is 0. The van der Waals surface area contributed by atoms with E-state index in [1.54, 1.807) is 0 Å². The molecule has 0 saturated heterocycles. The van der Waals surface area contributed by atoms with E-state index in [9.17, 15) is 24.0 Å². The lowest BCUT2D eigenvalue weighted by Crippen LogP contribution is -2.60. The molecule has 51 heavy (non-hydrogen) atoms. The van der Waals surface area contributed by atoms with Crippen LogP contribution >= 0.6 is 0 Å². The summed E-state index contributed by atoms with van der Waals surface area (Å²) in [6.45, 7) is 11.4. The third-order valence-corrected chi connectivity index (χ3v) is 18.8. The van der Waals surface area contributed by atoms with Crippen molar-refractivity contribution in [1.29, 1.82) is 0 Å². The molecule has 0 heterocycles. The van der Waals surface area contributed by atoms with Gasteiger partial charge in [-0.3, -0.25) is 24.0 Å². The molecule has 8 aliphatic carbocycles. The minimum absolute atomic E-state index is 0.0443. The fourth-order valence-electron chi connectivity index (χ4n) is 15.7. The Bertz CT molecular complexity index is 1570. The highest BCUT2D eigenvalue weighted by molar-refractivity contribution is 5.93. The van der Waals surface area contributed by atoms with Gasteiger partial charge >= 0.3 is 5.97 Å². The highest BCUT2D eigenvalue weighted by Crippen LogP contribution is 2.69. The molecule has 0 amide bonds. The minimum atomic E-state index is -0.888. The van der Waals surface area contributed by atoms with Crippen LogP contribution < -0.4 is 0 Å². The summed E-state index contributed by atoms with van der Waals surface area (Å²) in [5.74, 6) is 6.63. The van der Waals surface area contributed by atoms with E-state index >= 15 is 0 Å². The first-order chi connectivity index (χ1) is 24.1. The summed E-state index contributed by atoms with van der Waals surface area (Å²) in [6.07, 6.45) is 20.4. The molecular formula is C45H62O6. The average molecular weight is 699 g/mol. The van der Waals surface area contributed by atoms with Gasteiger partial charge in [-0.25, -0.2) is 0 Å². The third-order valence-electron chi connectivity index (χ3n) is 18.8. The number of Topliss-reactive ketones (excluding diaryl/α,β-unsaturated/α-hetero) is 4. The van der Waals surface area contributed by atoms with Gasteiger partial charge in [0.1, 0.15) is 23.1 Å². The van der Waals surface area contributed by atoms with Gasteiger partial charge in [-0.05, 0) is 135 Å². The lowest BCUT2D eigenvalue weighted by Gasteiger charge is -2.60. The predicted octanol–water partition coefficient (Wildman–Crippen LogP) is 8.52. The number of rotatable bonds is 5. The molecule has 15 atom stereocenters. The van der Waals surface area contributed by atoms with E-state index < -0.39 is 11.0 Å². The van der Waals surface area contributed by atoms with E-state index in [-0.39, 0.29) is 75.7 Å².